The molecule has 3 heterocycles. The molecule has 1 amide bonds. The summed E-state index contributed by atoms with van der Waals surface area (Å²) in [6.45, 7) is 6.38. The number of nitrogens with one attached hydrogen (secondary N) is 1. The minimum Gasteiger partial charge on any atom is -0.328 e. The third-order valence-electron chi connectivity index (χ3n) is 7.40. The summed E-state index contributed by atoms with van der Waals surface area (Å²) in [7, 11) is 0. The van der Waals surface area contributed by atoms with Crippen LogP contribution in [0.4, 0.5) is 0 Å². The first-order valence-electron chi connectivity index (χ1n) is 12.3. The van der Waals surface area contributed by atoms with Gasteiger partial charge in [-0.25, -0.2) is 10.5 Å². The summed E-state index contributed by atoms with van der Waals surface area (Å²) in [5, 5.41) is 10.0. The lowest BCUT2D eigenvalue weighted by Gasteiger charge is -2.43. The zero-order valence-corrected chi connectivity index (χ0v) is 20.3. The van der Waals surface area contributed by atoms with Crippen molar-refractivity contribution in [2.75, 3.05) is 0 Å². The van der Waals surface area contributed by atoms with Crippen LogP contribution in [0.3, 0.4) is 0 Å². The molecule has 0 spiro atoms. The molecule has 180 valence electrons. The summed E-state index contributed by atoms with van der Waals surface area (Å²) in [6.07, 6.45) is 6.31. The van der Waals surface area contributed by atoms with Crippen LogP contribution in [-0.4, -0.2) is 37.6 Å². The van der Waals surface area contributed by atoms with E-state index in [0.29, 0.717) is 30.1 Å². The summed E-state index contributed by atoms with van der Waals surface area (Å²) in [6, 6.07) is 23.4. The van der Waals surface area contributed by atoms with E-state index in [0.717, 1.165) is 30.6 Å². The molecule has 1 aliphatic rings. The molecule has 1 unspecified atom stereocenters. The molecular weight excluding hydrogens is 436 g/mol. The Morgan fingerprint density at radius 1 is 0.943 bits per heavy atom. The van der Waals surface area contributed by atoms with Crippen molar-refractivity contribution in [3.8, 4) is 0 Å². The molecule has 35 heavy (non-hydrogen) atoms. The number of piperidine rings is 1. The fourth-order valence-corrected chi connectivity index (χ4v) is 5.60. The summed E-state index contributed by atoms with van der Waals surface area (Å²) < 4.78 is 2.16. The summed E-state index contributed by atoms with van der Waals surface area (Å²) >= 11 is 0. The van der Waals surface area contributed by atoms with E-state index in [4.69, 9.17) is 10.2 Å². The number of carbonyl (C=O) groups excluding carboxylic acids is 1. The van der Waals surface area contributed by atoms with Crippen molar-refractivity contribution in [2.24, 2.45) is 0 Å². The first kappa shape index (κ1) is 23.3. The third-order valence-corrected chi connectivity index (χ3v) is 7.40. The second kappa shape index (κ2) is 10.0. The van der Waals surface area contributed by atoms with E-state index in [1.165, 1.54) is 16.5 Å². The van der Waals surface area contributed by atoms with Gasteiger partial charge in [0.25, 0.3) is 5.91 Å². The number of hydroxylamine groups is 1. The molecule has 0 aliphatic carbocycles. The third kappa shape index (κ3) is 4.85. The predicted octanol–water partition coefficient (Wildman–Crippen LogP) is 5.36. The highest BCUT2D eigenvalue weighted by Crippen LogP contribution is 2.38. The molecule has 5 rings (SSSR count). The molecule has 0 saturated carbocycles. The van der Waals surface area contributed by atoms with Gasteiger partial charge in [0.2, 0.25) is 0 Å². The van der Waals surface area contributed by atoms with Gasteiger partial charge in [-0.05, 0) is 73.6 Å². The Bertz CT molecular complexity index is 1290. The van der Waals surface area contributed by atoms with Gasteiger partial charge in [-0.1, -0.05) is 42.5 Å². The zero-order valence-electron chi connectivity index (χ0n) is 20.3. The SMILES string of the molecule is C[C@@H]1CC(c2ccnc3c2ccn3Cc2ccc(C(=O)NO)cc2)C[C@H](C)N1Cc1ccccc1. The van der Waals surface area contributed by atoms with E-state index in [2.05, 4.69) is 72.0 Å². The van der Waals surface area contributed by atoms with Crippen molar-refractivity contribution >= 4 is 16.9 Å². The van der Waals surface area contributed by atoms with Gasteiger partial charge < -0.3 is 4.57 Å². The number of carbonyl (C=O) groups is 1. The molecule has 1 saturated heterocycles. The first-order chi connectivity index (χ1) is 17.0. The molecule has 2 aromatic carbocycles. The molecule has 3 atom stereocenters. The van der Waals surface area contributed by atoms with Gasteiger partial charge in [0.1, 0.15) is 5.65 Å². The van der Waals surface area contributed by atoms with Crippen molar-refractivity contribution < 1.29 is 10.0 Å². The molecule has 0 radical (unpaired) electrons. The van der Waals surface area contributed by atoms with Crippen LogP contribution in [-0.2, 0) is 13.1 Å². The van der Waals surface area contributed by atoms with Crippen LogP contribution in [0.5, 0.6) is 0 Å². The highest BCUT2D eigenvalue weighted by molar-refractivity contribution is 5.93. The van der Waals surface area contributed by atoms with Gasteiger partial charge in [-0.2, -0.15) is 0 Å². The molecule has 0 bridgehead atoms. The number of benzene rings is 2. The summed E-state index contributed by atoms with van der Waals surface area (Å²) in [5.74, 6) is -0.00260. The molecule has 2 aromatic heterocycles. The smallest absolute Gasteiger partial charge is 0.274 e. The Morgan fingerprint density at radius 3 is 2.31 bits per heavy atom. The topological polar surface area (TPSA) is 70.4 Å². The van der Waals surface area contributed by atoms with Crippen LogP contribution in [0.15, 0.2) is 79.1 Å². The largest absolute Gasteiger partial charge is 0.328 e. The number of hydrogen-bond acceptors (Lipinski definition) is 4. The Hall–Kier alpha value is -3.48. The molecular formula is C29H32N4O2. The van der Waals surface area contributed by atoms with E-state index in [-0.39, 0.29) is 0 Å². The second-order valence-corrected chi connectivity index (χ2v) is 9.74. The van der Waals surface area contributed by atoms with Gasteiger partial charge >= 0.3 is 0 Å². The standard InChI is InChI=1S/C29H32N4O2/c1-20-16-25(17-21(2)33(20)19-22-6-4-3-5-7-22)26-12-14-30-28-27(26)13-15-32(28)18-23-8-10-24(11-9-23)29(34)31-35/h3-15,20-21,25,35H,16-19H2,1-2H3,(H,31,34)/t20-,21+,25?. The number of amides is 1. The van der Waals surface area contributed by atoms with Gasteiger partial charge in [-0.15, -0.1) is 0 Å². The van der Waals surface area contributed by atoms with E-state index in [1.54, 1.807) is 17.6 Å². The van der Waals surface area contributed by atoms with Crippen LogP contribution in [0, 0.1) is 0 Å². The molecule has 6 heteroatoms. The Balaban J connectivity index is 1.34. The van der Waals surface area contributed by atoms with E-state index >= 15 is 0 Å². The highest BCUT2D eigenvalue weighted by atomic mass is 16.5. The highest BCUT2D eigenvalue weighted by Gasteiger charge is 2.32. The maximum atomic E-state index is 11.6. The normalized spacial score (nSPS) is 20.7. The Kier molecular flexibility index (Phi) is 6.66. The molecule has 4 aromatic rings. The lowest BCUT2D eigenvalue weighted by molar-refractivity contribution is 0.0706. The minimum atomic E-state index is -0.507. The van der Waals surface area contributed by atoms with Gasteiger partial charge in [0.05, 0.1) is 0 Å². The molecule has 2 N–H and O–H groups in total. The number of hydrogen-bond donors (Lipinski definition) is 2. The van der Waals surface area contributed by atoms with E-state index in [9.17, 15) is 4.79 Å². The fraction of sp³-hybridized carbons (Fsp3) is 0.310. The van der Waals surface area contributed by atoms with Crippen molar-refractivity contribution in [2.45, 2.75) is 57.8 Å². The Labute approximate surface area is 206 Å². The number of rotatable bonds is 6. The molecule has 6 nitrogen and oxygen atoms in total. The van der Waals surface area contributed by atoms with Crippen LogP contribution < -0.4 is 5.48 Å². The second-order valence-electron chi connectivity index (χ2n) is 9.74. The lowest BCUT2D eigenvalue weighted by Crippen LogP contribution is -2.45. The fourth-order valence-electron chi connectivity index (χ4n) is 5.60. The minimum absolute atomic E-state index is 0.427. The lowest BCUT2D eigenvalue weighted by atomic mass is 9.81. The van der Waals surface area contributed by atoms with E-state index in [1.807, 2.05) is 18.3 Å². The van der Waals surface area contributed by atoms with E-state index < -0.39 is 5.91 Å². The zero-order chi connectivity index (χ0) is 24.4. The van der Waals surface area contributed by atoms with Crippen LogP contribution in [0.2, 0.25) is 0 Å². The average Bonchev–Trinajstić information content (AvgIpc) is 3.29. The van der Waals surface area contributed by atoms with Gasteiger partial charge in [0.15, 0.2) is 0 Å². The quantitative estimate of drug-likeness (QED) is 0.295. The monoisotopic (exact) mass is 468 g/mol. The van der Waals surface area contributed by atoms with Crippen LogP contribution in [0.25, 0.3) is 11.0 Å². The van der Waals surface area contributed by atoms with Crippen LogP contribution >= 0.6 is 0 Å². The van der Waals surface area contributed by atoms with Crippen molar-refractivity contribution in [1.29, 1.82) is 0 Å². The van der Waals surface area contributed by atoms with Gasteiger partial charge in [-0.3, -0.25) is 14.9 Å². The number of nitrogens with zero attached hydrogens (tertiary/aromatic N) is 3. The average molecular weight is 469 g/mol. The molecule has 1 fully saturated rings. The maximum Gasteiger partial charge on any atom is 0.274 e. The van der Waals surface area contributed by atoms with Crippen molar-refractivity contribution in [1.82, 2.24) is 19.9 Å². The van der Waals surface area contributed by atoms with Gasteiger partial charge in [0, 0.05) is 48.5 Å². The summed E-state index contributed by atoms with van der Waals surface area (Å²) in [5.41, 5.74) is 6.92. The van der Waals surface area contributed by atoms with Crippen LogP contribution in [0.1, 0.15) is 59.7 Å². The molecule has 1 aliphatic heterocycles. The Morgan fingerprint density at radius 2 is 1.63 bits per heavy atom. The predicted molar refractivity (Wildman–Crippen MR) is 137 cm³/mol. The number of fused-ring (bicyclic) bond motifs is 1. The van der Waals surface area contributed by atoms with Crippen molar-refractivity contribution in [3.63, 3.8) is 0 Å². The maximum absolute atomic E-state index is 11.6. The number of likely N-dealkylation sites (tertiary alicyclic amines) is 1. The summed E-state index contributed by atoms with van der Waals surface area (Å²) in [4.78, 5) is 18.9. The number of aromatic nitrogens is 2. The first-order valence-corrected chi connectivity index (χ1v) is 12.3. The van der Waals surface area contributed by atoms with Crippen molar-refractivity contribution in [3.05, 3.63) is 101 Å². The number of pyridine rings is 1.